The molecule has 5 aromatic rings. The predicted octanol–water partition coefficient (Wildman–Crippen LogP) is 8.14. The summed E-state index contributed by atoms with van der Waals surface area (Å²) in [6, 6.07) is 33.4. The van der Waals surface area contributed by atoms with E-state index in [0.717, 1.165) is 6.42 Å². The van der Waals surface area contributed by atoms with Crippen molar-refractivity contribution in [1.29, 1.82) is 0 Å². The number of hydrogen-bond acceptors (Lipinski definition) is 1. The van der Waals surface area contributed by atoms with E-state index in [9.17, 15) is 0 Å². The summed E-state index contributed by atoms with van der Waals surface area (Å²) in [6.45, 7) is 2.24. The van der Waals surface area contributed by atoms with Crippen LogP contribution in [0, 0.1) is 0 Å². The van der Waals surface area contributed by atoms with Crippen LogP contribution in [0.15, 0.2) is 109 Å². The number of allylic oxidation sites excluding steroid dienone is 2. The third kappa shape index (κ3) is 2.82. The van der Waals surface area contributed by atoms with Crippen LogP contribution < -0.4 is 4.90 Å². The molecule has 2 aliphatic rings. The number of benzene rings is 4. The minimum absolute atomic E-state index is 0.297. The molecule has 164 valence electrons. The van der Waals surface area contributed by atoms with Gasteiger partial charge in [0.05, 0.1) is 6.04 Å². The number of hydrogen-bond donors (Lipinski definition) is 1. The molecule has 2 nitrogen and oxygen atoms in total. The molecule has 0 saturated carbocycles. The maximum Gasteiger partial charge on any atom is 0.0630 e. The summed E-state index contributed by atoms with van der Waals surface area (Å²) in [5.41, 5.74) is 10.4. The topological polar surface area (TPSA) is 19.0 Å². The van der Waals surface area contributed by atoms with E-state index in [2.05, 4.69) is 126 Å². The van der Waals surface area contributed by atoms with Crippen molar-refractivity contribution in [3.63, 3.8) is 0 Å². The SMILES string of the molecule is CCc1ccccc1N1c2ccccc2C2C=C(c3ccc4[nH]c5ccccc5c4c3)C=CC21. The summed E-state index contributed by atoms with van der Waals surface area (Å²) in [6.07, 6.45) is 8.24. The van der Waals surface area contributed by atoms with Gasteiger partial charge in [-0.15, -0.1) is 0 Å². The molecule has 2 heteroatoms. The van der Waals surface area contributed by atoms with Gasteiger partial charge in [0.1, 0.15) is 0 Å². The number of aromatic nitrogens is 1. The van der Waals surface area contributed by atoms with Gasteiger partial charge < -0.3 is 9.88 Å². The van der Waals surface area contributed by atoms with E-state index in [1.807, 2.05) is 0 Å². The Morgan fingerprint density at radius 1 is 0.765 bits per heavy atom. The first-order valence-corrected chi connectivity index (χ1v) is 12.2. The van der Waals surface area contributed by atoms with Crippen molar-refractivity contribution in [2.45, 2.75) is 25.3 Å². The molecule has 0 bridgehead atoms. The molecule has 2 atom stereocenters. The van der Waals surface area contributed by atoms with Crippen LogP contribution in [0.3, 0.4) is 0 Å². The highest BCUT2D eigenvalue weighted by atomic mass is 15.2. The smallest absolute Gasteiger partial charge is 0.0630 e. The number of aryl methyl sites for hydroxylation is 1. The van der Waals surface area contributed by atoms with E-state index in [1.165, 1.54) is 55.4 Å². The zero-order valence-electron chi connectivity index (χ0n) is 19.2. The average molecular weight is 439 g/mol. The molecule has 1 aliphatic heterocycles. The molecule has 1 N–H and O–H groups in total. The molecule has 4 aromatic carbocycles. The molecule has 0 fully saturated rings. The number of rotatable bonds is 3. The Hall–Kier alpha value is -4.04. The molecule has 0 spiro atoms. The Balaban J connectivity index is 1.35. The number of aromatic amines is 1. The Morgan fingerprint density at radius 2 is 1.53 bits per heavy atom. The van der Waals surface area contributed by atoms with Gasteiger partial charge in [-0.25, -0.2) is 0 Å². The van der Waals surface area contributed by atoms with E-state index in [-0.39, 0.29) is 0 Å². The number of H-pyrrole nitrogens is 1. The largest absolute Gasteiger partial charge is 0.355 e. The van der Waals surface area contributed by atoms with E-state index in [1.54, 1.807) is 0 Å². The Kier molecular flexibility index (Phi) is 4.28. The van der Waals surface area contributed by atoms with Gasteiger partial charge in [-0.05, 0) is 59.0 Å². The minimum Gasteiger partial charge on any atom is -0.355 e. The standard InChI is InChI=1S/C32H26N2/c1-2-21-9-3-7-13-30(21)34-31-14-8-5-11-25(31)27-20-23(16-18-32(27)34)22-15-17-29-26(19-22)24-10-4-6-12-28(24)33-29/h3-20,27,32-33H,2H2,1H3. The van der Waals surface area contributed by atoms with Crippen LogP contribution in [0.4, 0.5) is 11.4 Å². The molecule has 2 unspecified atom stereocenters. The first-order chi connectivity index (χ1) is 16.8. The Labute approximate surface area is 199 Å². The second kappa shape index (κ2) is 7.50. The molecule has 0 amide bonds. The monoisotopic (exact) mass is 438 g/mol. The van der Waals surface area contributed by atoms with Gasteiger partial charge in [-0.3, -0.25) is 0 Å². The second-order valence-corrected chi connectivity index (χ2v) is 9.34. The van der Waals surface area contributed by atoms with Crippen molar-refractivity contribution in [2.75, 3.05) is 4.90 Å². The van der Waals surface area contributed by atoms with Crippen LogP contribution in [0.1, 0.15) is 29.5 Å². The second-order valence-electron chi connectivity index (χ2n) is 9.34. The lowest BCUT2D eigenvalue weighted by molar-refractivity contribution is 0.744. The lowest BCUT2D eigenvalue weighted by Gasteiger charge is -2.31. The number of nitrogens with one attached hydrogen (secondary N) is 1. The van der Waals surface area contributed by atoms with Gasteiger partial charge in [0.15, 0.2) is 0 Å². The average Bonchev–Trinajstić information content (AvgIpc) is 3.43. The number of para-hydroxylation sites is 3. The van der Waals surface area contributed by atoms with Crippen molar-refractivity contribution >= 4 is 38.8 Å². The Bertz CT molecular complexity index is 1620. The molecule has 1 aromatic heterocycles. The maximum atomic E-state index is 3.55. The van der Waals surface area contributed by atoms with Crippen molar-refractivity contribution in [1.82, 2.24) is 4.98 Å². The number of anilines is 2. The summed E-state index contributed by atoms with van der Waals surface area (Å²) in [5, 5.41) is 2.57. The molecule has 34 heavy (non-hydrogen) atoms. The fourth-order valence-corrected chi connectivity index (χ4v) is 5.89. The number of fused-ring (bicyclic) bond motifs is 6. The summed E-state index contributed by atoms with van der Waals surface area (Å²) in [5.74, 6) is 0.333. The minimum atomic E-state index is 0.297. The molecule has 2 heterocycles. The van der Waals surface area contributed by atoms with Crippen molar-refractivity contribution in [2.24, 2.45) is 0 Å². The first kappa shape index (κ1) is 19.4. The quantitative estimate of drug-likeness (QED) is 0.301. The van der Waals surface area contributed by atoms with Crippen LogP contribution in [0.2, 0.25) is 0 Å². The summed E-state index contributed by atoms with van der Waals surface area (Å²) in [4.78, 5) is 6.10. The van der Waals surface area contributed by atoms with Crippen molar-refractivity contribution in [3.8, 4) is 0 Å². The normalized spacial score (nSPS) is 18.9. The van der Waals surface area contributed by atoms with Crippen molar-refractivity contribution in [3.05, 3.63) is 126 Å². The molecule has 1 aliphatic carbocycles. The van der Waals surface area contributed by atoms with Crippen LogP contribution in [0.25, 0.3) is 27.4 Å². The lowest BCUT2D eigenvalue weighted by atomic mass is 9.86. The van der Waals surface area contributed by atoms with Gasteiger partial charge in [-0.1, -0.05) is 85.8 Å². The van der Waals surface area contributed by atoms with Crippen LogP contribution in [-0.4, -0.2) is 11.0 Å². The molecular weight excluding hydrogens is 412 g/mol. The van der Waals surface area contributed by atoms with E-state index in [0.29, 0.717) is 12.0 Å². The zero-order valence-corrected chi connectivity index (χ0v) is 19.2. The van der Waals surface area contributed by atoms with Gasteiger partial charge >= 0.3 is 0 Å². The van der Waals surface area contributed by atoms with Crippen LogP contribution in [-0.2, 0) is 6.42 Å². The summed E-state index contributed by atoms with van der Waals surface area (Å²) < 4.78 is 0. The van der Waals surface area contributed by atoms with Crippen LogP contribution in [0.5, 0.6) is 0 Å². The van der Waals surface area contributed by atoms with E-state index < -0.39 is 0 Å². The highest BCUT2D eigenvalue weighted by molar-refractivity contribution is 6.08. The van der Waals surface area contributed by atoms with Gasteiger partial charge in [0.2, 0.25) is 0 Å². The Morgan fingerprint density at radius 3 is 2.44 bits per heavy atom. The third-order valence-electron chi connectivity index (χ3n) is 7.53. The fourth-order valence-electron chi connectivity index (χ4n) is 5.89. The fraction of sp³-hybridized carbons (Fsp3) is 0.125. The third-order valence-corrected chi connectivity index (χ3v) is 7.53. The molecular formula is C32H26N2. The number of nitrogens with zero attached hydrogens (tertiary/aromatic N) is 1. The van der Waals surface area contributed by atoms with Crippen LogP contribution >= 0.6 is 0 Å². The molecule has 7 rings (SSSR count). The predicted molar refractivity (Wildman–Crippen MR) is 144 cm³/mol. The maximum absolute atomic E-state index is 3.55. The first-order valence-electron chi connectivity index (χ1n) is 12.2. The highest BCUT2D eigenvalue weighted by Gasteiger charge is 2.38. The van der Waals surface area contributed by atoms with Gasteiger partial charge in [0.25, 0.3) is 0 Å². The highest BCUT2D eigenvalue weighted by Crippen LogP contribution is 2.49. The van der Waals surface area contributed by atoms with Gasteiger partial charge in [0, 0.05) is 39.1 Å². The molecule has 0 radical (unpaired) electrons. The van der Waals surface area contributed by atoms with E-state index >= 15 is 0 Å². The summed E-state index contributed by atoms with van der Waals surface area (Å²) >= 11 is 0. The van der Waals surface area contributed by atoms with Crippen molar-refractivity contribution < 1.29 is 0 Å². The summed E-state index contributed by atoms with van der Waals surface area (Å²) in [7, 11) is 0. The van der Waals surface area contributed by atoms with Gasteiger partial charge in [-0.2, -0.15) is 0 Å². The molecule has 0 saturated heterocycles. The van der Waals surface area contributed by atoms with E-state index in [4.69, 9.17) is 0 Å². The zero-order chi connectivity index (χ0) is 22.6. The lowest BCUT2D eigenvalue weighted by Crippen LogP contribution is -2.29.